The monoisotopic (exact) mass is 393 g/mol. The summed E-state index contributed by atoms with van der Waals surface area (Å²) in [5.41, 5.74) is 1.82. The number of amides is 1. The number of hydrogen-bond acceptors (Lipinski definition) is 3. The van der Waals surface area contributed by atoms with Gasteiger partial charge < -0.3 is 10.6 Å². The first kappa shape index (κ1) is 21.1. The maximum Gasteiger partial charge on any atom is 0.433 e. The molecule has 0 aliphatic carbocycles. The Kier molecular flexibility index (Phi) is 7.07. The van der Waals surface area contributed by atoms with E-state index < -0.39 is 17.8 Å². The Labute approximate surface area is 155 Å². The number of hydrogen-bond donors (Lipinski definition) is 2. The van der Waals surface area contributed by atoms with Crippen molar-refractivity contribution in [3.8, 4) is 0 Å². The molecular formula is C16H16Cl2F3N3O. The van der Waals surface area contributed by atoms with Crippen molar-refractivity contribution in [2.45, 2.75) is 19.0 Å². The van der Waals surface area contributed by atoms with E-state index in [0.717, 1.165) is 49.0 Å². The number of fused-ring (bicyclic) bond motifs is 1. The van der Waals surface area contributed by atoms with Gasteiger partial charge in [0, 0.05) is 24.1 Å². The maximum absolute atomic E-state index is 12.5. The third-order valence-corrected chi connectivity index (χ3v) is 3.62. The van der Waals surface area contributed by atoms with Crippen molar-refractivity contribution in [1.29, 1.82) is 0 Å². The van der Waals surface area contributed by atoms with Crippen LogP contribution in [0.15, 0.2) is 36.5 Å². The van der Waals surface area contributed by atoms with Crippen LogP contribution >= 0.6 is 24.8 Å². The van der Waals surface area contributed by atoms with Gasteiger partial charge in [0.1, 0.15) is 5.69 Å². The van der Waals surface area contributed by atoms with Crippen molar-refractivity contribution in [2.75, 3.05) is 17.2 Å². The van der Waals surface area contributed by atoms with Crippen LogP contribution < -0.4 is 10.6 Å². The van der Waals surface area contributed by atoms with Crippen LogP contribution in [0.5, 0.6) is 0 Å². The Hall–Kier alpha value is -1.99. The highest BCUT2D eigenvalue weighted by molar-refractivity contribution is 6.04. The molecule has 9 heteroatoms. The van der Waals surface area contributed by atoms with Gasteiger partial charge in [-0.15, -0.1) is 24.8 Å². The summed E-state index contributed by atoms with van der Waals surface area (Å²) in [6, 6.07) is 7.43. The molecule has 0 saturated heterocycles. The third kappa shape index (κ3) is 4.99. The molecule has 1 aliphatic heterocycles. The van der Waals surface area contributed by atoms with Gasteiger partial charge in [-0.2, -0.15) is 13.2 Å². The Morgan fingerprint density at radius 1 is 1.16 bits per heavy atom. The number of aromatic nitrogens is 1. The lowest BCUT2D eigenvalue weighted by Gasteiger charge is -2.18. The van der Waals surface area contributed by atoms with Crippen LogP contribution in [0, 0.1) is 0 Å². The summed E-state index contributed by atoms with van der Waals surface area (Å²) < 4.78 is 37.4. The molecule has 25 heavy (non-hydrogen) atoms. The second-order valence-corrected chi connectivity index (χ2v) is 5.29. The highest BCUT2D eigenvalue weighted by atomic mass is 35.5. The van der Waals surface area contributed by atoms with E-state index in [1.54, 1.807) is 6.07 Å². The van der Waals surface area contributed by atoms with Crippen molar-refractivity contribution in [2.24, 2.45) is 0 Å². The molecule has 1 aromatic carbocycles. The van der Waals surface area contributed by atoms with E-state index >= 15 is 0 Å². The zero-order chi connectivity index (χ0) is 16.4. The van der Waals surface area contributed by atoms with Gasteiger partial charge in [-0.25, -0.2) is 0 Å². The summed E-state index contributed by atoms with van der Waals surface area (Å²) in [4.78, 5) is 15.4. The fourth-order valence-corrected chi connectivity index (χ4v) is 2.45. The summed E-state index contributed by atoms with van der Waals surface area (Å²) in [5.74, 6) is -0.491. The third-order valence-electron chi connectivity index (χ3n) is 3.62. The summed E-state index contributed by atoms with van der Waals surface area (Å²) in [7, 11) is 0. The Morgan fingerprint density at radius 2 is 1.92 bits per heavy atom. The van der Waals surface area contributed by atoms with E-state index in [0.29, 0.717) is 5.69 Å². The number of aryl methyl sites for hydroxylation is 1. The van der Waals surface area contributed by atoms with E-state index in [9.17, 15) is 18.0 Å². The topological polar surface area (TPSA) is 54.0 Å². The predicted octanol–water partition coefficient (Wildman–Crippen LogP) is 4.55. The van der Waals surface area contributed by atoms with Crippen LogP contribution in [-0.2, 0) is 12.6 Å². The lowest BCUT2D eigenvalue weighted by atomic mass is 10.0. The second-order valence-electron chi connectivity index (χ2n) is 5.29. The number of carbonyl (C=O) groups excluding carboxylic acids is 1. The summed E-state index contributed by atoms with van der Waals surface area (Å²) >= 11 is 0. The van der Waals surface area contributed by atoms with Crippen LogP contribution in [0.1, 0.15) is 28.0 Å². The van der Waals surface area contributed by atoms with Crippen LogP contribution in [0.25, 0.3) is 0 Å². The average Bonchev–Trinajstić information content (AvgIpc) is 2.54. The summed E-state index contributed by atoms with van der Waals surface area (Å²) in [5, 5.41) is 5.94. The van der Waals surface area contributed by atoms with Crippen molar-refractivity contribution < 1.29 is 18.0 Å². The fourth-order valence-electron chi connectivity index (χ4n) is 2.45. The number of carbonyl (C=O) groups is 1. The molecule has 1 aliphatic rings. The number of alkyl halides is 3. The van der Waals surface area contributed by atoms with Gasteiger partial charge in [-0.05, 0) is 48.7 Å². The second kappa shape index (κ2) is 8.40. The van der Waals surface area contributed by atoms with Crippen LogP contribution in [0.4, 0.5) is 24.5 Å². The van der Waals surface area contributed by atoms with Crippen LogP contribution in [0.3, 0.4) is 0 Å². The van der Waals surface area contributed by atoms with E-state index in [2.05, 4.69) is 15.6 Å². The minimum atomic E-state index is -4.51. The molecule has 3 rings (SSSR count). The molecule has 0 bridgehead atoms. The minimum Gasteiger partial charge on any atom is -0.385 e. The Morgan fingerprint density at radius 3 is 2.56 bits per heavy atom. The lowest BCUT2D eigenvalue weighted by Crippen LogP contribution is -2.15. The van der Waals surface area contributed by atoms with Crippen molar-refractivity contribution >= 4 is 42.1 Å². The number of nitrogens with zero attached hydrogens (tertiary/aromatic N) is 1. The minimum absolute atomic E-state index is 0. The van der Waals surface area contributed by atoms with Gasteiger partial charge in [-0.1, -0.05) is 0 Å². The predicted molar refractivity (Wildman–Crippen MR) is 94.9 cm³/mol. The standard InChI is InChI=1S/C16H14F3N3O.2ClH/c17-16(18,19)14-6-3-11(9-21-14)15(23)22-12-4-5-13-10(8-12)2-1-7-20-13;;/h3-6,8-9,20H,1-2,7H2,(H,22,23);2*1H. The molecule has 0 spiro atoms. The van der Waals surface area contributed by atoms with Crippen LogP contribution in [0.2, 0.25) is 0 Å². The molecule has 0 fully saturated rings. The summed E-state index contributed by atoms with van der Waals surface area (Å²) in [6.45, 7) is 0.927. The van der Waals surface area contributed by atoms with Gasteiger partial charge in [0.05, 0.1) is 5.56 Å². The zero-order valence-electron chi connectivity index (χ0n) is 12.9. The number of benzene rings is 1. The first-order chi connectivity index (χ1) is 10.9. The van der Waals surface area contributed by atoms with Gasteiger partial charge >= 0.3 is 6.18 Å². The molecule has 136 valence electrons. The van der Waals surface area contributed by atoms with Gasteiger partial charge in [-0.3, -0.25) is 9.78 Å². The smallest absolute Gasteiger partial charge is 0.385 e. The number of rotatable bonds is 2. The highest BCUT2D eigenvalue weighted by Gasteiger charge is 2.32. The molecule has 0 atom stereocenters. The average molecular weight is 394 g/mol. The van der Waals surface area contributed by atoms with Crippen molar-refractivity contribution in [3.63, 3.8) is 0 Å². The molecule has 0 radical (unpaired) electrons. The quantitative estimate of drug-likeness (QED) is 0.786. The van der Waals surface area contributed by atoms with E-state index in [-0.39, 0.29) is 30.4 Å². The Bertz CT molecular complexity index is 736. The van der Waals surface area contributed by atoms with E-state index in [1.165, 1.54) is 0 Å². The number of nitrogens with one attached hydrogen (secondary N) is 2. The molecule has 0 saturated carbocycles. The molecule has 4 nitrogen and oxygen atoms in total. The van der Waals surface area contributed by atoms with Crippen molar-refractivity contribution in [1.82, 2.24) is 4.98 Å². The van der Waals surface area contributed by atoms with Gasteiger partial charge in [0.25, 0.3) is 5.91 Å². The SMILES string of the molecule is Cl.Cl.O=C(Nc1ccc2c(c1)CCCN2)c1ccc(C(F)(F)F)nc1. The number of anilines is 2. The normalized spacial score (nSPS) is 12.8. The molecular weight excluding hydrogens is 378 g/mol. The van der Waals surface area contributed by atoms with Crippen LogP contribution in [-0.4, -0.2) is 17.4 Å². The van der Waals surface area contributed by atoms with Gasteiger partial charge in [0.15, 0.2) is 0 Å². The zero-order valence-corrected chi connectivity index (χ0v) is 14.5. The molecule has 2 N–H and O–H groups in total. The first-order valence-corrected chi connectivity index (χ1v) is 7.15. The largest absolute Gasteiger partial charge is 0.433 e. The molecule has 0 unspecified atom stereocenters. The summed E-state index contributed by atoms with van der Waals surface area (Å²) in [6.07, 6.45) is -1.64. The van der Waals surface area contributed by atoms with E-state index in [4.69, 9.17) is 0 Å². The highest BCUT2D eigenvalue weighted by Crippen LogP contribution is 2.28. The van der Waals surface area contributed by atoms with Gasteiger partial charge in [0.2, 0.25) is 0 Å². The van der Waals surface area contributed by atoms with Crippen molar-refractivity contribution in [3.05, 3.63) is 53.3 Å². The molecule has 1 amide bonds. The maximum atomic E-state index is 12.5. The molecule has 2 aromatic rings. The number of pyridine rings is 1. The molecule has 1 aromatic heterocycles. The Balaban J connectivity index is 0.00000156. The van der Waals surface area contributed by atoms with E-state index in [1.807, 2.05) is 12.1 Å². The lowest BCUT2D eigenvalue weighted by molar-refractivity contribution is -0.141. The number of halogens is 5. The molecule has 2 heterocycles. The first-order valence-electron chi connectivity index (χ1n) is 7.15. The fraction of sp³-hybridized carbons (Fsp3) is 0.250.